The molecule has 0 fully saturated rings. The maximum atomic E-state index is 15.9. The van der Waals surface area contributed by atoms with Gasteiger partial charge in [-0.15, -0.1) is 0 Å². The zero-order valence-corrected chi connectivity index (χ0v) is 26.6. The van der Waals surface area contributed by atoms with Crippen molar-refractivity contribution in [3.8, 4) is 11.1 Å². The third kappa shape index (κ3) is 5.63. The van der Waals surface area contributed by atoms with E-state index in [0.29, 0.717) is 0 Å². The quantitative estimate of drug-likeness (QED) is 0.144. The number of fused-ring (bicyclic) bond motifs is 2. The highest BCUT2D eigenvalue weighted by molar-refractivity contribution is 7.85. The lowest BCUT2D eigenvalue weighted by Crippen LogP contribution is -2.26. The number of benzene rings is 6. The molecule has 0 radical (unpaired) electrons. The van der Waals surface area contributed by atoms with Gasteiger partial charge < -0.3 is 13.6 Å². The summed E-state index contributed by atoms with van der Waals surface area (Å²) in [5, 5.41) is 6.34. The predicted octanol–water partition coefficient (Wildman–Crippen LogP) is 9.54. The minimum Gasteiger partial charge on any atom is -0.309 e. The topological polar surface area (TPSA) is 52.6 Å². The van der Waals surface area contributed by atoms with E-state index in [1.165, 1.54) is 0 Å². The minimum atomic E-state index is -3.48. The molecule has 0 aromatic heterocycles. The van der Waals surface area contributed by atoms with Crippen molar-refractivity contribution in [2.45, 2.75) is 13.8 Å². The molecule has 0 aliphatic rings. The molecule has 6 aromatic rings. The molecule has 44 heavy (non-hydrogen) atoms. The zero-order valence-electron chi connectivity index (χ0n) is 24.8. The molecule has 220 valence electrons. The van der Waals surface area contributed by atoms with Crippen LogP contribution in [0.2, 0.25) is 0 Å². The van der Waals surface area contributed by atoms with Gasteiger partial charge in [0.15, 0.2) is 7.14 Å². The summed E-state index contributed by atoms with van der Waals surface area (Å²) in [6.07, 6.45) is 1.83. The van der Waals surface area contributed by atoms with E-state index in [2.05, 4.69) is 36.4 Å². The average molecular weight is 617 g/mol. The van der Waals surface area contributed by atoms with Crippen LogP contribution in [0.15, 0.2) is 139 Å². The van der Waals surface area contributed by atoms with Crippen molar-refractivity contribution in [3.05, 3.63) is 145 Å². The Morgan fingerprint density at radius 1 is 0.545 bits per heavy atom. The number of hydrogen-bond acceptors (Lipinski definition) is 4. The van der Waals surface area contributed by atoms with E-state index in [1.807, 2.05) is 103 Å². The molecule has 0 amide bonds. The lowest BCUT2D eigenvalue weighted by Gasteiger charge is -2.25. The number of rotatable bonds is 10. The molecule has 0 saturated heterocycles. The van der Waals surface area contributed by atoms with Crippen molar-refractivity contribution < 1.29 is 18.2 Å². The van der Waals surface area contributed by atoms with Gasteiger partial charge in [0, 0.05) is 27.3 Å². The normalized spacial score (nSPS) is 12.3. The summed E-state index contributed by atoms with van der Waals surface area (Å²) in [5.41, 5.74) is 2.63. The van der Waals surface area contributed by atoms with Gasteiger partial charge in [0.25, 0.3) is 0 Å². The predicted molar refractivity (Wildman–Crippen MR) is 186 cm³/mol. The summed E-state index contributed by atoms with van der Waals surface area (Å²) in [5.74, 6) is 1.55. The Hall–Kier alpha value is -4.04. The van der Waals surface area contributed by atoms with Crippen molar-refractivity contribution in [3.63, 3.8) is 0 Å². The maximum Gasteiger partial charge on any atom is 0.354 e. The van der Waals surface area contributed by atoms with Crippen molar-refractivity contribution in [1.82, 2.24) is 0 Å². The SMILES string of the molecule is CCOP(=O)(/C=C\c1ccc2ccccc2c1-c1c(P(=O)(c2ccccc2)c2ccccc2)ccc2ccccc12)OCC. The van der Waals surface area contributed by atoms with Crippen LogP contribution < -0.4 is 15.9 Å². The van der Waals surface area contributed by atoms with Gasteiger partial charge in [-0.1, -0.05) is 127 Å². The largest absolute Gasteiger partial charge is 0.354 e. The fraction of sp³-hybridized carbons (Fsp3) is 0.105. The summed E-state index contributed by atoms with van der Waals surface area (Å²) >= 11 is 0. The summed E-state index contributed by atoms with van der Waals surface area (Å²) in [6.45, 7) is 4.12. The third-order valence-electron chi connectivity index (χ3n) is 7.75. The fourth-order valence-corrected chi connectivity index (χ4v) is 10.0. The molecule has 0 aliphatic heterocycles. The van der Waals surface area contributed by atoms with Crippen molar-refractivity contribution in [2.24, 2.45) is 0 Å². The van der Waals surface area contributed by atoms with Crippen molar-refractivity contribution >= 4 is 58.3 Å². The molecule has 0 atom stereocenters. The first-order valence-corrected chi connectivity index (χ1v) is 18.1. The van der Waals surface area contributed by atoms with Gasteiger partial charge >= 0.3 is 7.60 Å². The Morgan fingerprint density at radius 3 is 1.57 bits per heavy atom. The lowest BCUT2D eigenvalue weighted by atomic mass is 9.90. The molecule has 0 bridgehead atoms. The van der Waals surface area contributed by atoms with Crippen molar-refractivity contribution in [2.75, 3.05) is 13.2 Å². The van der Waals surface area contributed by atoms with Gasteiger partial charge in [-0.2, -0.15) is 0 Å². The molecule has 6 heteroatoms. The molecule has 6 aromatic carbocycles. The van der Waals surface area contributed by atoms with E-state index in [-0.39, 0.29) is 13.2 Å². The molecular formula is C38H34O4P2. The van der Waals surface area contributed by atoms with Crippen LogP contribution in [0.4, 0.5) is 0 Å². The first-order chi connectivity index (χ1) is 21.5. The molecule has 0 spiro atoms. The van der Waals surface area contributed by atoms with Crippen LogP contribution in [0.1, 0.15) is 19.4 Å². The Labute approximate surface area is 258 Å². The van der Waals surface area contributed by atoms with Gasteiger partial charge in [0.1, 0.15) is 0 Å². The molecule has 4 nitrogen and oxygen atoms in total. The second kappa shape index (κ2) is 12.9. The Morgan fingerprint density at radius 2 is 1.02 bits per heavy atom. The summed E-state index contributed by atoms with van der Waals surface area (Å²) in [6, 6.07) is 44.1. The van der Waals surface area contributed by atoms with E-state index in [4.69, 9.17) is 9.05 Å². The maximum absolute atomic E-state index is 15.9. The van der Waals surface area contributed by atoms with Crippen LogP contribution >= 0.6 is 14.7 Å². The van der Waals surface area contributed by atoms with E-state index in [9.17, 15) is 4.57 Å². The van der Waals surface area contributed by atoms with Crippen LogP contribution in [0, 0.1) is 0 Å². The molecule has 0 unspecified atom stereocenters. The summed E-state index contributed by atoms with van der Waals surface area (Å²) in [7, 11) is -6.86. The van der Waals surface area contributed by atoms with Gasteiger partial charge in [0.2, 0.25) is 0 Å². The van der Waals surface area contributed by atoms with E-state index >= 15 is 4.57 Å². The highest BCUT2D eigenvalue weighted by atomic mass is 31.2. The minimum absolute atomic E-state index is 0.261. The van der Waals surface area contributed by atoms with Crippen LogP contribution in [0.3, 0.4) is 0 Å². The zero-order chi connectivity index (χ0) is 30.6. The molecule has 6 rings (SSSR count). The Bertz CT molecular complexity index is 2000. The van der Waals surface area contributed by atoms with Crippen LogP contribution in [-0.2, 0) is 18.2 Å². The van der Waals surface area contributed by atoms with Gasteiger partial charge in [-0.25, -0.2) is 0 Å². The highest BCUT2D eigenvalue weighted by Gasteiger charge is 2.34. The highest BCUT2D eigenvalue weighted by Crippen LogP contribution is 2.52. The van der Waals surface area contributed by atoms with Crippen LogP contribution in [-0.4, -0.2) is 13.2 Å². The first-order valence-electron chi connectivity index (χ1n) is 14.8. The third-order valence-corrected chi connectivity index (χ3v) is 12.6. The standard InChI is InChI=1S/C38H34O4P2/c1-3-41-43(39,42-4-2)28-27-31-24-23-29-15-11-13-21-34(29)37(31)38-35-22-14-12-16-30(35)25-26-36(38)44(40,32-17-7-5-8-18-32)33-19-9-6-10-20-33/h5-28H,3-4H2,1-2H3/b28-27-. The van der Waals surface area contributed by atoms with E-state index in [1.54, 1.807) is 19.7 Å². The fourth-order valence-electron chi connectivity index (χ4n) is 5.85. The molecular weight excluding hydrogens is 582 g/mol. The molecule has 0 N–H and O–H groups in total. The van der Waals surface area contributed by atoms with Gasteiger partial charge in [-0.3, -0.25) is 4.57 Å². The average Bonchev–Trinajstić information content (AvgIpc) is 3.07. The summed E-state index contributed by atoms with van der Waals surface area (Å²) in [4.78, 5) is 0. The molecule has 0 aliphatic carbocycles. The van der Waals surface area contributed by atoms with E-state index in [0.717, 1.165) is 54.1 Å². The van der Waals surface area contributed by atoms with Crippen LogP contribution in [0.25, 0.3) is 38.7 Å². The molecule has 0 heterocycles. The number of hydrogen-bond donors (Lipinski definition) is 0. The smallest absolute Gasteiger partial charge is 0.309 e. The Balaban J connectivity index is 1.75. The summed E-state index contributed by atoms with van der Waals surface area (Å²) < 4.78 is 40.6. The van der Waals surface area contributed by atoms with Crippen LogP contribution in [0.5, 0.6) is 0 Å². The van der Waals surface area contributed by atoms with Crippen molar-refractivity contribution in [1.29, 1.82) is 0 Å². The van der Waals surface area contributed by atoms with Gasteiger partial charge in [0.05, 0.1) is 13.2 Å². The van der Waals surface area contributed by atoms with E-state index < -0.39 is 14.7 Å². The van der Waals surface area contributed by atoms with Gasteiger partial charge in [-0.05, 0) is 58.7 Å². The second-order valence-corrected chi connectivity index (χ2v) is 15.0. The first kappa shape index (κ1) is 30.0. The second-order valence-electron chi connectivity index (χ2n) is 10.4. The monoisotopic (exact) mass is 616 g/mol. The lowest BCUT2D eigenvalue weighted by molar-refractivity contribution is 0.229. The Kier molecular flexibility index (Phi) is 8.80. The molecule has 0 saturated carbocycles.